The SMILES string of the molecule is N/C(=N\OC(=O)c1cc(-c2ccc(F)cc2)on1)c1ccc(F)cc1. The highest BCUT2D eigenvalue weighted by molar-refractivity contribution is 5.98. The zero-order chi connectivity index (χ0) is 17.8. The molecule has 0 aliphatic rings. The van der Waals surface area contributed by atoms with E-state index >= 15 is 0 Å². The minimum atomic E-state index is -0.887. The summed E-state index contributed by atoms with van der Waals surface area (Å²) in [5.41, 5.74) is 6.46. The van der Waals surface area contributed by atoms with Crippen molar-refractivity contribution in [2.45, 2.75) is 0 Å². The van der Waals surface area contributed by atoms with E-state index in [2.05, 4.69) is 10.3 Å². The van der Waals surface area contributed by atoms with E-state index in [-0.39, 0.29) is 17.3 Å². The fourth-order valence-corrected chi connectivity index (χ4v) is 1.93. The van der Waals surface area contributed by atoms with Gasteiger partial charge in [0.2, 0.25) is 0 Å². The van der Waals surface area contributed by atoms with Gasteiger partial charge in [0, 0.05) is 17.2 Å². The molecule has 3 aromatic rings. The van der Waals surface area contributed by atoms with Crippen molar-refractivity contribution in [3.05, 3.63) is 77.5 Å². The second kappa shape index (κ2) is 6.91. The summed E-state index contributed by atoms with van der Waals surface area (Å²) in [6.07, 6.45) is 0. The van der Waals surface area contributed by atoms with Crippen LogP contribution in [0.1, 0.15) is 16.1 Å². The first-order chi connectivity index (χ1) is 12.0. The van der Waals surface area contributed by atoms with Gasteiger partial charge in [-0.05, 0) is 48.5 Å². The van der Waals surface area contributed by atoms with Gasteiger partial charge in [0.15, 0.2) is 17.3 Å². The van der Waals surface area contributed by atoms with Gasteiger partial charge >= 0.3 is 5.97 Å². The second-order valence-corrected chi connectivity index (χ2v) is 4.95. The molecule has 3 rings (SSSR count). The van der Waals surface area contributed by atoms with E-state index in [0.717, 1.165) is 0 Å². The largest absolute Gasteiger partial charge is 0.387 e. The van der Waals surface area contributed by atoms with E-state index in [9.17, 15) is 13.6 Å². The van der Waals surface area contributed by atoms with Gasteiger partial charge in [0.05, 0.1) is 0 Å². The Kier molecular flexibility index (Phi) is 4.51. The normalized spacial score (nSPS) is 11.4. The van der Waals surface area contributed by atoms with Crippen molar-refractivity contribution in [3.63, 3.8) is 0 Å². The summed E-state index contributed by atoms with van der Waals surface area (Å²) in [6.45, 7) is 0. The van der Waals surface area contributed by atoms with Crippen molar-refractivity contribution >= 4 is 11.8 Å². The maximum atomic E-state index is 12.9. The topological polar surface area (TPSA) is 90.7 Å². The maximum Gasteiger partial charge on any atom is 0.387 e. The number of hydrogen-bond donors (Lipinski definition) is 1. The molecule has 0 unspecified atom stereocenters. The van der Waals surface area contributed by atoms with Crippen LogP contribution in [0.5, 0.6) is 0 Å². The van der Waals surface area contributed by atoms with Crippen LogP contribution in [0.4, 0.5) is 8.78 Å². The highest BCUT2D eigenvalue weighted by atomic mass is 19.1. The number of benzene rings is 2. The molecule has 0 saturated carbocycles. The fraction of sp³-hybridized carbons (Fsp3) is 0. The highest BCUT2D eigenvalue weighted by Gasteiger charge is 2.16. The number of amidine groups is 1. The van der Waals surface area contributed by atoms with Gasteiger partial charge in [-0.25, -0.2) is 13.6 Å². The van der Waals surface area contributed by atoms with E-state index < -0.39 is 17.6 Å². The first-order valence-corrected chi connectivity index (χ1v) is 7.06. The lowest BCUT2D eigenvalue weighted by Crippen LogP contribution is -2.15. The Labute approximate surface area is 140 Å². The summed E-state index contributed by atoms with van der Waals surface area (Å²) in [4.78, 5) is 16.6. The number of nitrogens with two attached hydrogens (primary N) is 1. The number of hydrogen-bond acceptors (Lipinski definition) is 5. The predicted molar refractivity (Wildman–Crippen MR) is 84.4 cm³/mol. The average molecular weight is 343 g/mol. The Morgan fingerprint density at radius 1 is 1.04 bits per heavy atom. The fourth-order valence-electron chi connectivity index (χ4n) is 1.93. The number of carbonyl (C=O) groups excluding carboxylic acids is 1. The van der Waals surface area contributed by atoms with Gasteiger partial charge in [-0.1, -0.05) is 10.3 Å². The molecule has 0 spiro atoms. The summed E-state index contributed by atoms with van der Waals surface area (Å²) < 4.78 is 30.8. The number of nitrogens with zero attached hydrogens (tertiary/aromatic N) is 2. The Bertz CT molecular complexity index is 919. The maximum absolute atomic E-state index is 12.9. The summed E-state index contributed by atoms with van der Waals surface area (Å²) in [5, 5.41) is 7.06. The van der Waals surface area contributed by atoms with E-state index in [1.807, 2.05) is 0 Å². The molecule has 2 aromatic carbocycles. The smallest absolute Gasteiger partial charge is 0.380 e. The Morgan fingerprint density at radius 2 is 1.64 bits per heavy atom. The lowest BCUT2D eigenvalue weighted by Gasteiger charge is -1.99. The Balaban J connectivity index is 1.70. The number of halogens is 2. The molecular weight excluding hydrogens is 332 g/mol. The molecule has 0 aliphatic carbocycles. The molecule has 1 heterocycles. The molecule has 126 valence electrons. The van der Waals surface area contributed by atoms with E-state index in [0.29, 0.717) is 11.1 Å². The summed E-state index contributed by atoms with van der Waals surface area (Å²) in [6, 6.07) is 12.0. The third kappa shape index (κ3) is 3.86. The van der Waals surface area contributed by atoms with Crippen LogP contribution in [0, 0.1) is 11.6 Å². The van der Waals surface area contributed by atoms with Gasteiger partial charge in [-0.3, -0.25) is 0 Å². The number of carbonyl (C=O) groups is 1. The molecule has 0 atom stereocenters. The van der Waals surface area contributed by atoms with Crippen LogP contribution in [-0.2, 0) is 4.84 Å². The standard InChI is InChI=1S/C17H11F2N3O3/c18-12-5-1-10(2-6-12)15-9-14(21-24-15)17(23)25-22-16(20)11-3-7-13(19)8-4-11/h1-9H,(H2,20,22). The van der Waals surface area contributed by atoms with E-state index in [1.165, 1.54) is 54.6 Å². The molecule has 0 saturated heterocycles. The molecule has 6 nitrogen and oxygen atoms in total. The number of rotatable bonds is 4. The van der Waals surface area contributed by atoms with Crippen LogP contribution >= 0.6 is 0 Å². The Morgan fingerprint density at radius 3 is 2.28 bits per heavy atom. The van der Waals surface area contributed by atoms with Crippen molar-refractivity contribution < 1.29 is 22.9 Å². The minimum Gasteiger partial charge on any atom is -0.380 e. The van der Waals surface area contributed by atoms with E-state index in [1.54, 1.807) is 0 Å². The van der Waals surface area contributed by atoms with Crippen LogP contribution in [0.2, 0.25) is 0 Å². The van der Waals surface area contributed by atoms with Crippen LogP contribution in [-0.4, -0.2) is 17.0 Å². The lowest BCUT2D eigenvalue weighted by molar-refractivity contribution is 0.0504. The van der Waals surface area contributed by atoms with Crippen LogP contribution < -0.4 is 5.73 Å². The number of aromatic nitrogens is 1. The van der Waals surface area contributed by atoms with Crippen molar-refractivity contribution in [2.75, 3.05) is 0 Å². The van der Waals surface area contributed by atoms with Gasteiger partial charge in [0.25, 0.3) is 0 Å². The van der Waals surface area contributed by atoms with Crippen LogP contribution in [0.3, 0.4) is 0 Å². The molecule has 2 N–H and O–H groups in total. The highest BCUT2D eigenvalue weighted by Crippen LogP contribution is 2.21. The lowest BCUT2D eigenvalue weighted by atomic mass is 10.1. The zero-order valence-electron chi connectivity index (χ0n) is 12.6. The molecular formula is C17H11F2N3O3. The van der Waals surface area contributed by atoms with Crippen molar-refractivity contribution in [1.29, 1.82) is 0 Å². The van der Waals surface area contributed by atoms with Crippen molar-refractivity contribution in [3.8, 4) is 11.3 Å². The third-order valence-corrected chi connectivity index (χ3v) is 3.21. The molecule has 8 heteroatoms. The van der Waals surface area contributed by atoms with Crippen molar-refractivity contribution in [2.24, 2.45) is 10.9 Å². The molecule has 25 heavy (non-hydrogen) atoms. The molecule has 0 fully saturated rings. The summed E-state index contributed by atoms with van der Waals surface area (Å²) in [5.74, 6) is -1.54. The number of oxime groups is 1. The van der Waals surface area contributed by atoms with E-state index in [4.69, 9.17) is 15.1 Å². The second-order valence-electron chi connectivity index (χ2n) is 4.95. The first-order valence-electron chi connectivity index (χ1n) is 7.06. The quantitative estimate of drug-likeness (QED) is 0.340. The third-order valence-electron chi connectivity index (χ3n) is 3.21. The minimum absolute atomic E-state index is 0.101. The van der Waals surface area contributed by atoms with Crippen LogP contribution in [0.15, 0.2) is 64.3 Å². The summed E-state index contributed by atoms with van der Waals surface area (Å²) in [7, 11) is 0. The monoisotopic (exact) mass is 343 g/mol. The molecule has 1 aromatic heterocycles. The van der Waals surface area contributed by atoms with Gasteiger partial charge in [-0.2, -0.15) is 0 Å². The van der Waals surface area contributed by atoms with Crippen molar-refractivity contribution in [1.82, 2.24) is 5.16 Å². The van der Waals surface area contributed by atoms with Gasteiger partial charge < -0.3 is 15.1 Å². The van der Waals surface area contributed by atoms with Gasteiger partial charge in [0.1, 0.15) is 11.6 Å². The molecule has 0 bridgehead atoms. The zero-order valence-corrected chi connectivity index (χ0v) is 12.6. The first kappa shape index (κ1) is 16.3. The summed E-state index contributed by atoms with van der Waals surface area (Å²) >= 11 is 0. The van der Waals surface area contributed by atoms with Gasteiger partial charge in [-0.15, -0.1) is 0 Å². The predicted octanol–water partition coefficient (Wildman–Crippen LogP) is 3.10. The Hall–Kier alpha value is -3.55. The molecule has 0 radical (unpaired) electrons. The molecule has 0 amide bonds. The average Bonchev–Trinajstić information content (AvgIpc) is 3.11. The van der Waals surface area contributed by atoms with Crippen LogP contribution in [0.25, 0.3) is 11.3 Å². The molecule has 0 aliphatic heterocycles.